The summed E-state index contributed by atoms with van der Waals surface area (Å²) in [5.74, 6) is 1.20. The Morgan fingerprint density at radius 1 is 0.800 bits per heavy atom. The predicted octanol–water partition coefficient (Wildman–Crippen LogP) is 2.16. The summed E-state index contributed by atoms with van der Waals surface area (Å²) in [7, 11) is -2.76. The van der Waals surface area contributed by atoms with Gasteiger partial charge in [0.05, 0.1) is 30.0 Å². The lowest BCUT2D eigenvalue weighted by Crippen LogP contribution is -2.68. The van der Waals surface area contributed by atoms with E-state index in [1.165, 1.54) is 44.8 Å². The number of hydrogen-bond donors (Lipinski definition) is 0. The fraction of sp³-hybridized carbons (Fsp3) is 0.156. The van der Waals surface area contributed by atoms with Crippen LogP contribution >= 0.6 is 0 Å². The second kappa shape index (κ2) is 10.9. The minimum absolute atomic E-state index is 0.0109. The smallest absolute Gasteiger partial charge is 0.278 e. The van der Waals surface area contributed by atoms with Crippen LogP contribution in [0.4, 0.5) is 5.82 Å². The van der Waals surface area contributed by atoms with Gasteiger partial charge in [-0.05, 0) is 42.0 Å². The zero-order chi connectivity index (χ0) is 28.5. The molecule has 40 heavy (non-hydrogen) atoms. The van der Waals surface area contributed by atoms with Crippen molar-refractivity contribution in [1.29, 1.82) is 0 Å². The first-order valence-corrected chi connectivity index (χ1v) is 14.1. The molecule has 8 heteroatoms. The average Bonchev–Trinajstić information content (AvgIpc) is 3.36. The van der Waals surface area contributed by atoms with Crippen LogP contribution in [0.15, 0.2) is 109 Å². The van der Waals surface area contributed by atoms with Gasteiger partial charge in [0.25, 0.3) is 5.82 Å². The lowest BCUT2D eigenvalue weighted by Gasteiger charge is -2.24. The molecule has 0 amide bonds. The Hall–Kier alpha value is -3.98. The monoisotopic (exact) mass is 555 g/mol. The first kappa shape index (κ1) is 27.6. The average molecular weight is 556 g/mol. The fourth-order valence-corrected chi connectivity index (χ4v) is 5.74. The van der Waals surface area contributed by atoms with E-state index in [-0.39, 0.29) is 11.5 Å². The van der Waals surface area contributed by atoms with Gasteiger partial charge in [0.1, 0.15) is 6.04 Å². The summed E-state index contributed by atoms with van der Waals surface area (Å²) in [5.41, 5.74) is 7.41. The highest BCUT2D eigenvalue weighted by Crippen LogP contribution is 2.43. The number of likely N-dealkylation sites (N-methyl/N-ethyl adjacent to an activating group) is 1. The number of aromatic amines is 1. The number of pyridine rings is 1. The number of nitrogens with one attached hydrogen (secondary N) is 1. The Labute approximate surface area is 235 Å². The van der Waals surface area contributed by atoms with E-state index in [0.717, 1.165) is 0 Å². The van der Waals surface area contributed by atoms with E-state index >= 15 is 0 Å². The van der Waals surface area contributed by atoms with Crippen molar-refractivity contribution in [3.63, 3.8) is 0 Å². The quantitative estimate of drug-likeness (QED) is 0.337. The number of benzene rings is 3. The highest BCUT2D eigenvalue weighted by atomic mass is 35.7. The zero-order valence-electron chi connectivity index (χ0n) is 22.5. The van der Waals surface area contributed by atoms with Crippen LogP contribution in [0.2, 0.25) is 0 Å². The summed E-state index contributed by atoms with van der Waals surface area (Å²) >= 11 is 0. The number of hydrogen-bond acceptors (Lipinski definition) is 5. The summed E-state index contributed by atoms with van der Waals surface area (Å²) in [6.07, 6.45) is 6.74. The van der Waals surface area contributed by atoms with Gasteiger partial charge in [-0.2, -0.15) is 0 Å². The molecule has 1 N–H and O–H groups in total. The zero-order valence-corrected chi connectivity index (χ0v) is 23.2. The fourth-order valence-electron chi connectivity index (χ4n) is 5.74. The van der Waals surface area contributed by atoms with E-state index in [9.17, 15) is 0 Å². The number of fused-ring (bicyclic) bond motifs is 2. The Kier molecular flexibility index (Phi) is 7.51. The second-order valence-corrected chi connectivity index (χ2v) is 11.0. The molecule has 0 bridgehead atoms. The topological polar surface area (TPSA) is 115 Å². The van der Waals surface area contributed by atoms with E-state index < -0.39 is 10.2 Å². The molecule has 1 aliphatic rings. The van der Waals surface area contributed by atoms with Crippen LogP contribution in [-0.4, -0.2) is 17.7 Å². The molecule has 204 valence electrons. The van der Waals surface area contributed by atoms with Crippen LogP contribution in [0.5, 0.6) is 0 Å². The van der Waals surface area contributed by atoms with Crippen molar-refractivity contribution in [2.24, 2.45) is 0 Å². The Morgan fingerprint density at radius 3 is 2.05 bits per heavy atom. The third-order valence-corrected chi connectivity index (χ3v) is 7.46. The molecule has 0 radical (unpaired) electrons. The summed E-state index contributed by atoms with van der Waals surface area (Å²) in [5, 5.41) is 1.26. The van der Waals surface area contributed by atoms with E-state index in [0.29, 0.717) is 0 Å². The van der Waals surface area contributed by atoms with Crippen LogP contribution in [0.25, 0.3) is 33.9 Å². The largest absolute Gasteiger partial charge is 0.309 e. The van der Waals surface area contributed by atoms with E-state index in [2.05, 4.69) is 145 Å². The molecule has 0 aliphatic carbocycles. The van der Waals surface area contributed by atoms with Crippen LogP contribution < -0.4 is 28.5 Å². The van der Waals surface area contributed by atoms with Gasteiger partial charge in [-0.25, -0.2) is 23.6 Å². The Bertz CT molecular complexity index is 1640. The second-order valence-electron chi connectivity index (χ2n) is 10.3. The summed E-state index contributed by atoms with van der Waals surface area (Å²) in [4.78, 5) is 5.83. The number of nitrogens with zero attached hydrogens (tertiary/aromatic N) is 2. The van der Waals surface area contributed by atoms with Gasteiger partial charge >= 0.3 is 0 Å². The molecule has 5 aromatic rings. The van der Waals surface area contributed by atoms with E-state index in [1.54, 1.807) is 0 Å². The van der Waals surface area contributed by atoms with Crippen molar-refractivity contribution in [3.05, 3.63) is 120 Å². The molecule has 0 saturated heterocycles. The number of anilines is 1. The first-order valence-electron chi connectivity index (χ1n) is 12.9. The van der Waals surface area contributed by atoms with Gasteiger partial charge < -0.3 is 4.57 Å². The molecule has 0 saturated carbocycles. The third kappa shape index (κ3) is 5.38. The maximum Gasteiger partial charge on any atom is 0.278 e. The maximum atomic E-state index is 8.49. The van der Waals surface area contributed by atoms with Gasteiger partial charge in [0, 0.05) is 22.1 Å². The highest BCUT2D eigenvalue weighted by molar-refractivity contribution is 5.99. The van der Waals surface area contributed by atoms with Crippen LogP contribution in [0.3, 0.4) is 0 Å². The lowest BCUT2D eigenvalue weighted by molar-refractivity contribution is -2.00. The summed E-state index contributed by atoms with van der Waals surface area (Å²) in [6.45, 7) is 4.67. The summed E-state index contributed by atoms with van der Waals surface area (Å²) < 4.78 is 36.4. The molecule has 2 aromatic heterocycles. The van der Waals surface area contributed by atoms with Crippen LogP contribution in [-0.2, 0) is 5.41 Å². The third-order valence-electron chi connectivity index (χ3n) is 7.46. The summed E-state index contributed by atoms with van der Waals surface area (Å²) in [6, 6.07) is 34.7. The maximum absolute atomic E-state index is 8.49. The van der Waals surface area contributed by atoms with Crippen molar-refractivity contribution in [3.8, 4) is 16.9 Å². The minimum atomic E-state index is -4.94. The Morgan fingerprint density at radius 2 is 1.40 bits per heavy atom. The van der Waals surface area contributed by atoms with Gasteiger partial charge in [-0.3, -0.25) is 4.90 Å². The Balaban J connectivity index is 0.000000595. The van der Waals surface area contributed by atoms with Crippen molar-refractivity contribution in [2.75, 3.05) is 11.9 Å². The van der Waals surface area contributed by atoms with E-state index in [1.807, 2.05) is 6.20 Å². The van der Waals surface area contributed by atoms with Crippen molar-refractivity contribution in [1.82, 2.24) is 4.57 Å². The molecule has 0 fully saturated rings. The van der Waals surface area contributed by atoms with E-state index in [4.69, 9.17) is 18.6 Å². The number of H-pyrrole nitrogens is 1. The molecule has 3 aromatic carbocycles. The molecular weight excluding hydrogens is 526 g/mol. The minimum Gasteiger partial charge on any atom is -0.309 e. The van der Waals surface area contributed by atoms with Gasteiger partial charge in [-0.1, -0.05) is 86.7 Å². The van der Waals surface area contributed by atoms with Crippen molar-refractivity contribution >= 4 is 22.8 Å². The lowest BCUT2D eigenvalue weighted by atomic mass is 9.80. The SMILES string of the molecule is CN1c2[nH+]cccc2C(C)(C)C1/C=C/c1c(-c2ccccc2)n(-c2ccccc2)c2ccccc12.[O-][Cl+3]([O-])([O-])[O-]. The molecule has 7 nitrogen and oxygen atoms in total. The van der Waals surface area contributed by atoms with Gasteiger partial charge in [0.2, 0.25) is 0 Å². The van der Waals surface area contributed by atoms with Gasteiger partial charge in [-0.15, -0.1) is 10.2 Å². The normalized spacial score (nSPS) is 16.2. The first-order chi connectivity index (χ1) is 19.1. The van der Waals surface area contributed by atoms with Crippen molar-refractivity contribution < 1.29 is 33.9 Å². The molecule has 1 aliphatic heterocycles. The number of halogens is 1. The predicted molar refractivity (Wildman–Crippen MR) is 146 cm³/mol. The van der Waals surface area contributed by atoms with Crippen LogP contribution in [0, 0.1) is 10.2 Å². The molecular formula is C32H30ClN3O4. The number of rotatable bonds is 4. The molecule has 3 heterocycles. The molecule has 1 atom stereocenters. The highest BCUT2D eigenvalue weighted by Gasteiger charge is 2.47. The number of aromatic nitrogens is 2. The van der Waals surface area contributed by atoms with Crippen LogP contribution in [0.1, 0.15) is 25.0 Å². The molecule has 0 spiro atoms. The molecule has 1 unspecified atom stereocenters. The van der Waals surface area contributed by atoms with Crippen molar-refractivity contribution in [2.45, 2.75) is 25.3 Å². The standard InChI is InChI=1S/C32H29N3.ClHO4/c1-32(2)27-18-12-22-33-31(27)34(3)29(32)21-20-26-25-17-10-11-19-28(25)35(24-15-8-5-9-16-24)30(26)23-13-6-4-7-14-23;2-1(3,4)5/h4-22,29H,1-3H3;(H,2,3,4,5)/b21-20+;. The van der Waals surface area contributed by atoms with Gasteiger partial charge in [0.15, 0.2) is 0 Å². The number of para-hydroxylation sites is 2. The molecule has 6 rings (SSSR count).